The highest BCUT2D eigenvalue weighted by Gasteiger charge is 2.51. The van der Waals surface area contributed by atoms with Gasteiger partial charge in [-0.25, -0.2) is 0 Å². The number of benzene rings is 1. The minimum absolute atomic E-state index is 0.111. The van der Waals surface area contributed by atoms with E-state index in [1.54, 1.807) is 0 Å². The van der Waals surface area contributed by atoms with Crippen LogP contribution in [0.4, 0.5) is 0 Å². The number of carbonyl (C=O) groups excluding carboxylic acids is 1. The van der Waals surface area contributed by atoms with Crippen LogP contribution < -0.4 is 5.32 Å². The maximum Gasteiger partial charge on any atom is 0.252 e. The van der Waals surface area contributed by atoms with Crippen LogP contribution in [0.2, 0.25) is 0 Å². The first-order valence-corrected chi connectivity index (χ1v) is 9.19. The minimum atomic E-state index is 0.111. The molecule has 0 heterocycles. The Labute approximate surface area is 140 Å². The van der Waals surface area contributed by atoms with Gasteiger partial charge in [0.1, 0.15) is 0 Å². The van der Waals surface area contributed by atoms with Crippen LogP contribution in [0.15, 0.2) is 18.2 Å². The predicted molar refractivity (Wildman–Crippen MR) is 92.3 cm³/mol. The molecule has 4 bridgehead atoms. The van der Waals surface area contributed by atoms with Gasteiger partial charge >= 0.3 is 0 Å². The van der Waals surface area contributed by atoms with Crippen molar-refractivity contribution >= 4 is 28.5 Å². The van der Waals surface area contributed by atoms with Crippen molar-refractivity contribution in [3.63, 3.8) is 0 Å². The second kappa shape index (κ2) is 4.97. The van der Waals surface area contributed by atoms with Crippen molar-refractivity contribution < 1.29 is 4.79 Å². The lowest BCUT2D eigenvalue weighted by Gasteiger charge is -2.56. The van der Waals surface area contributed by atoms with E-state index in [1.165, 1.54) is 44.1 Å². The van der Waals surface area contributed by atoms with Crippen LogP contribution in [0.3, 0.4) is 0 Å². The summed E-state index contributed by atoms with van der Waals surface area (Å²) in [4.78, 5) is 12.7. The van der Waals surface area contributed by atoms with E-state index in [0.29, 0.717) is 0 Å². The molecule has 4 fully saturated rings. The van der Waals surface area contributed by atoms with Gasteiger partial charge in [-0.2, -0.15) is 0 Å². The van der Waals surface area contributed by atoms with Gasteiger partial charge in [-0.05, 0) is 97.9 Å². The summed E-state index contributed by atoms with van der Waals surface area (Å²) in [5, 5.41) is 3.46. The van der Waals surface area contributed by atoms with Crippen molar-refractivity contribution in [2.24, 2.45) is 17.8 Å². The number of hydrogen-bond acceptors (Lipinski definition) is 1. The summed E-state index contributed by atoms with van der Waals surface area (Å²) in [7, 11) is 0. The van der Waals surface area contributed by atoms with E-state index >= 15 is 0 Å². The molecule has 0 spiro atoms. The van der Waals surface area contributed by atoms with E-state index < -0.39 is 0 Å². The van der Waals surface area contributed by atoms with Gasteiger partial charge in [0, 0.05) is 9.11 Å². The minimum Gasteiger partial charge on any atom is -0.347 e. The number of halogens is 1. The molecule has 1 aromatic carbocycles. The standard InChI is InChI=1S/C18H22INO/c1-11-2-3-15(16(19)4-11)17(21)20-18-8-12-5-13(9-18)7-14(6-12)10-18/h2-4,12-14H,5-10H2,1H3,(H,20,21). The number of carbonyl (C=O) groups is 1. The van der Waals surface area contributed by atoms with E-state index in [-0.39, 0.29) is 11.4 Å². The molecule has 21 heavy (non-hydrogen) atoms. The first kappa shape index (κ1) is 14.0. The Balaban J connectivity index is 1.57. The number of hydrogen-bond donors (Lipinski definition) is 1. The second-order valence-electron chi connectivity index (χ2n) is 7.64. The molecular formula is C18H22INO. The number of aryl methyl sites for hydroxylation is 1. The molecule has 0 aliphatic heterocycles. The number of rotatable bonds is 2. The number of nitrogens with one attached hydrogen (secondary N) is 1. The van der Waals surface area contributed by atoms with Crippen molar-refractivity contribution in [2.45, 2.75) is 51.0 Å². The molecule has 4 aliphatic carbocycles. The zero-order chi connectivity index (χ0) is 14.6. The fourth-order valence-electron chi connectivity index (χ4n) is 5.38. The SMILES string of the molecule is Cc1ccc(C(=O)NC23CC4CC(CC(C4)C2)C3)c(I)c1. The van der Waals surface area contributed by atoms with Crippen molar-refractivity contribution in [1.82, 2.24) is 5.32 Å². The molecule has 1 N–H and O–H groups in total. The molecule has 5 rings (SSSR count). The van der Waals surface area contributed by atoms with Crippen LogP contribution in [-0.2, 0) is 0 Å². The highest BCUT2D eigenvalue weighted by Crippen LogP contribution is 2.55. The van der Waals surface area contributed by atoms with Gasteiger partial charge < -0.3 is 5.32 Å². The van der Waals surface area contributed by atoms with Gasteiger partial charge in [-0.3, -0.25) is 4.79 Å². The molecule has 0 aromatic heterocycles. The van der Waals surface area contributed by atoms with Crippen LogP contribution in [0, 0.1) is 28.2 Å². The summed E-state index contributed by atoms with van der Waals surface area (Å²) >= 11 is 2.28. The van der Waals surface area contributed by atoms with E-state index in [2.05, 4.69) is 40.9 Å². The first-order valence-electron chi connectivity index (χ1n) is 8.12. The molecule has 0 atom stereocenters. The van der Waals surface area contributed by atoms with Crippen molar-refractivity contribution in [2.75, 3.05) is 0 Å². The Morgan fingerprint density at radius 2 is 1.71 bits per heavy atom. The van der Waals surface area contributed by atoms with E-state index in [1.807, 2.05) is 12.1 Å². The maximum atomic E-state index is 12.7. The number of amides is 1. The Hall–Kier alpha value is -0.580. The fourth-order valence-corrected chi connectivity index (χ4v) is 6.29. The van der Waals surface area contributed by atoms with Gasteiger partial charge in [0.25, 0.3) is 5.91 Å². The molecule has 2 nitrogen and oxygen atoms in total. The average molecular weight is 395 g/mol. The monoisotopic (exact) mass is 395 g/mol. The lowest BCUT2D eigenvalue weighted by molar-refractivity contribution is -0.0167. The van der Waals surface area contributed by atoms with Crippen LogP contribution in [0.25, 0.3) is 0 Å². The van der Waals surface area contributed by atoms with Crippen molar-refractivity contribution in [1.29, 1.82) is 0 Å². The fraction of sp³-hybridized carbons (Fsp3) is 0.611. The molecule has 0 unspecified atom stereocenters. The summed E-state index contributed by atoms with van der Waals surface area (Å²) in [6.07, 6.45) is 7.89. The molecule has 0 saturated heterocycles. The molecule has 3 heteroatoms. The lowest BCUT2D eigenvalue weighted by Crippen LogP contribution is -2.59. The van der Waals surface area contributed by atoms with E-state index in [4.69, 9.17) is 0 Å². The topological polar surface area (TPSA) is 29.1 Å². The van der Waals surface area contributed by atoms with E-state index in [9.17, 15) is 4.79 Å². The first-order chi connectivity index (χ1) is 10.0. The quantitative estimate of drug-likeness (QED) is 0.744. The van der Waals surface area contributed by atoms with Gasteiger partial charge in [-0.15, -0.1) is 0 Å². The van der Waals surface area contributed by atoms with Crippen molar-refractivity contribution in [3.05, 3.63) is 32.9 Å². The maximum absolute atomic E-state index is 12.7. The molecule has 1 aromatic rings. The lowest BCUT2D eigenvalue weighted by atomic mass is 9.53. The van der Waals surface area contributed by atoms with Crippen LogP contribution in [0.5, 0.6) is 0 Å². The normalized spacial score (nSPS) is 36.8. The zero-order valence-electron chi connectivity index (χ0n) is 12.5. The largest absolute Gasteiger partial charge is 0.347 e. The third-order valence-corrected chi connectivity index (χ3v) is 6.68. The van der Waals surface area contributed by atoms with Gasteiger partial charge in [0.2, 0.25) is 0 Å². The summed E-state index contributed by atoms with van der Waals surface area (Å²) in [5.74, 6) is 2.75. The zero-order valence-corrected chi connectivity index (χ0v) is 14.7. The summed E-state index contributed by atoms with van der Waals surface area (Å²) < 4.78 is 1.06. The molecular weight excluding hydrogens is 373 g/mol. The molecule has 112 valence electrons. The molecule has 4 aliphatic rings. The Bertz CT molecular complexity index is 560. The summed E-state index contributed by atoms with van der Waals surface area (Å²) in [6.45, 7) is 2.07. The van der Waals surface area contributed by atoms with E-state index in [0.717, 1.165) is 26.9 Å². The van der Waals surface area contributed by atoms with Crippen LogP contribution >= 0.6 is 22.6 Å². The summed E-state index contributed by atoms with van der Waals surface area (Å²) in [5.41, 5.74) is 2.17. The smallest absolute Gasteiger partial charge is 0.252 e. The third kappa shape index (κ3) is 2.51. The average Bonchev–Trinajstić information content (AvgIpc) is 2.35. The molecule has 4 saturated carbocycles. The summed E-state index contributed by atoms with van der Waals surface area (Å²) in [6, 6.07) is 6.11. The Kier molecular flexibility index (Phi) is 3.32. The Morgan fingerprint density at radius 3 is 2.24 bits per heavy atom. The molecule has 1 amide bonds. The van der Waals surface area contributed by atoms with Crippen LogP contribution in [0.1, 0.15) is 54.4 Å². The highest BCUT2D eigenvalue weighted by molar-refractivity contribution is 14.1. The van der Waals surface area contributed by atoms with Gasteiger partial charge in [0.15, 0.2) is 0 Å². The molecule has 0 radical (unpaired) electrons. The Morgan fingerprint density at radius 1 is 1.14 bits per heavy atom. The third-order valence-electron chi connectivity index (χ3n) is 5.79. The second-order valence-corrected chi connectivity index (χ2v) is 8.80. The van der Waals surface area contributed by atoms with Gasteiger partial charge in [0.05, 0.1) is 5.56 Å². The van der Waals surface area contributed by atoms with Crippen LogP contribution in [-0.4, -0.2) is 11.4 Å². The van der Waals surface area contributed by atoms with Gasteiger partial charge in [-0.1, -0.05) is 11.6 Å². The predicted octanol–water partition coefficient (Wildman–Crippen LogP) is 4.30. The van der Waals surface area contributed by atoms with Crippen molar-refractivity contribution in [3.8, 4) is 0 Å². The highest BCUT2D eigenvalue weighted by atomic mass is 127.